The molecule has 8 heteroatoms. The van der Waals surface area contributed by atoms with Crippen LogP contribution in [0.15, 0.2) is 48.8 Å². The Balaban J connectivity index is 1.76. The number of hydrogen-bond donors (Lipinski definition) is 0. The summed E-state index contributed by atoms with van der Waals surface area (Å²) in [5.41, 5.74) is 3.56. The highest BCUT2D eigenvalue weighted by Crippen LogP contribution is 2.48. The van der Waals surface area contributed by atoms with Crippen molar-refractivity contribution >= 4 is 28.8 Å². The van der Waals surface area contributed by atoms with Crippen molar-refractivity contribution in [2.24, 2.45) is 0 Å². The Labute approximate surface area is 177 Å². The first kappa shape index (κ1) is 18.2. The molecule has 0 aliphatic carbocycles. The molecule has 146 valence electrons. The summed E-state index contributed by atoms with van der Waals surface area (Å²) in [5.74, 6) is 2.55. The minimum atomic E-state index is -0.148. The van der Waals surface area contributed by atoms with Crippen molar-refractivity contribution in [2.75, 3.05) is 6.61 Å². The first-order valence-electron chi connectivity index (χ1n) is 9.18. The van der Waals surface area contributed by atoms with E-state index in [0.717, 1.165) is 22.4 Å². The number of benzene rings is 2. The van der Waals surface area contributed by atoms with Crippen molar-refractivity contribution in [3.05, 3.63) is 76.3 Å². The molecule has 0 amide bonds. The zero-order chi connectivity index (χ0) is 20.0. The summed E-state index contributed by atoms with van der Waals surface area (Å²) >= 11 is 12.1. The topological polar surface area (TPSA) is 61.5 Å². The predicted octanol–water partition coefficient (Wildman–Crippen LogP) is 5.20. The molecule has 4 aromatic rings. The molecule has 29 heavy (non-hydrogen) atoms. The highest BCUT2D eigenvalue weighted by atomic mass is 35.5. The summed E-state index contributed by atoms with van der Waals surface area (Å²) in [6.07, 6.45) is 1.59. The number of rotatable bonds is 4. The summed E-state index contributed by atoms with van der Waals surface area (Å²) in [5, 5.41) is 5.07. The molecular weight excluding hydrogens is 411 g/mol. The van der Waals surface area contributed by atoms with E-state index >= 15 is 0 Å². The van der Waals surface area contributed by atoms with Gasteiger partial charge in [-0.25, -0.2) is 14.5 Å². The van der Waals surface area contributed by atoms with Gasteiger partial charge in [-0.3, -0.25) is 0 Å². The molecule has 5 rings (SSSR count). The van der Waals surface area contributed by atoms with E-state index in [1.165, 1.54) is 0 Å². The van der Waals surface area contributed by atoms with Gasteiger partial charge in [0.25, 0.3) is 0 Å². The van der Waals surface area contributed by atoms with Crippen molar-refractivity contribution in [3.63, 3.8) is 0 Å². The maximum absolute atomic E-state index is 6.16. The Hall–Kier alpha value is -2.83. The number of halogens is 2. The highest BCUT2D eigenvalue weighted by molar-refractivity contribution is 6.30. The van der Waals surface area contributed by atoms with E-state index in [1.807, 2.05) is 49.4 Å². The second kappa shape index (κ2) is 7.21. The third-order valence-corrected chi connectivity index (χ3v) is 5.35. The Bertz CT molecular complexity index is 1210. The molecule has 3 heterocycles. The fourth-order valence-electron chi connectivity index (χ4n) is 3.65. The highest BCUT2D eigenvalue weighted by Gasteiger charge is 2.33. The molecule has 0 bridgehead atoms. The number of ether oxygens (including phenoxy) is 2. The average molecular weight is 427 g/mol. The summed E-state index contributed by atoms with van der Waals surface area (Å²) in [6.45, 7) is 2.53. The van der Waals surface area contributed by atoms with Crippen LogP contribution >= 0.6 is 23.2 Å². The molecular formula is C21H16Cl2N4O2. The normalized spacial score (nSPS) is 14.9. The SMILES string of the molecule is CCOc1ccc2c(c1)Oc1ncn3nc(CCl)nc3c1C2c1ccc(Cl)cc1. The van der Waals surface area contributed by atoms with Crippen LogP contribution in [-0.2, 0) is 5.88 Å². The van der Waals surface area contributed by atoms with Gasteiger partial charge in [-0.1, -0.05) is 29.8 Å². The smallest absolute Gasteiger partial charge is 0.228 e. The monoisotopic (exact) mass is 426 g/mol. The largest absolute Gasteiger partial charge is 0.494 e. The lowest BCUT2D eigenvalue weighted by Gasteiger charge is -2.28. The van der Waals surface area contributed by atoms with Crippen LogP contribution < -0.4 is 9.47 Å². The minimum Gasteiger partial charge on any atom is -0.494 e. The van der Waals surface area contributed by atoms with Crippen LogP contribution in [0.3, 0.4) is 0 Å². The fraction of sp³-hybridized carbons (Fsp3) is 0.190. The van der Waals surface area contributed by atoms with Gasteiger partial charge in [0, 0.05) is 22.6 Å². The maximum Gasteiger partial charge on any atom is 0.228 e. The summed E-state index contributed by atoms with van der Waals surface area (Å²) in [6, 6.07) is 13.6. The number of alkyl halides is 1. The quantitative estimate of drug-likeness (QED) is 0.369. The van der Waals surface area contributed by atoms with E-state index in [1.54, 1.807) is 10.8 Å². The molecule has 6 nitrogen and oxygen atoms in total. The van der Waals surface area contributed by atoms with Crippen LogP contribution in [0.1, 0.15) is 35.4 Å². The molecule has 0 radical (unpaired) electrons. The van der Waals surface area contributed by atoms with Crippen molar-refractivity contribution in [1.82, 2.24) is 19.6 Å². The third-order valence-electron chi connectivity index (χ3n) is 4.86. The van der Waals surface area contributed by atoms with Gasteiger partial charge in [0.15, 0.2) is 11.5 Å². The molecule has 0 saturated carbocycles. The fourth-order valence-corrected chi connectivity index (χ4v) is 3.89. The Kier molecular flexibility index (Phi) is 4.53. The van der Waals surface area contributed by atoms with E-state index in [0.29, 0.717) is 34.7 Å². The molecule has 1 atom stereocenters. The van der Waals surface area contributed by atoms with E-state index < -0.39 is 0 Å². The van der Waals surface area contributed by atoms with Crippen molar-refractivity contribution in [3.8, 4) is 17.4 Å². The molecule has 0 fully saturated rings. The summed E-state index contributed by atoms with van der Waals surface area (Å²) in [7, 11) is 0. The van der Waals surface area contributed by atoms with Gasteiger partial charge in [0.05, 0.1) is 18.1 Å². The van der Waals surface area contributed by atoms with Gasteiger partial charge in [0.1, 0.15) is 17.8 Å². The van der Waals surface area contributed by atoms with Crippen LogP contribution in [0.25, 0.3) is 5.65 Å². The van der Waals surface area contributed by atoms with Crippen LogP contribution in [0.5, 0.6) is 17.4 Å². The lowest BCUT2D eigenvalue weighted by Crippen LogP contribution is -2.15. The predicted molar refractivity (Wildman–Crippen MR) is 110 cm³/mol. The second-order valence-electron chi connectivity index (χ2n) is 6.61. The van der Waals surface area contributed by atoms with Crippen molar-refractivity contribution in [2.45, 2.75) is 18.7 Å². The molecule has 1 aliphatic heterocycles. The van der Waals surface area contributed by atoms with E-state index in [2.05, 4.69) is 15.1 Å². The number of nitrogens with zero attached hydrogens (tertiary/aromatic N) is 4. The Morgan fingerprint density at radius 1 is 1.17 bits per heavy atom. The molecule has 0 spiro atoms. The van der Waals surface area contributed by atoms with Gasteiger partial charge in [-0.15, -0.1) is 16.7 Å². The van der Waals surface area contributed by atoms with E-state index in [4.69, 9.17) is 32.7 Å². The lowest BCUT2D eigenvalue weighted by molar-refractivity contribution is 0.336. The van der Waals surface area contributed by atoms with E-state index in [-0.39, 0.29) is 11.8 Å². The zero-order valence-electron chi connectivity index (χ0n) is 15.5. The summed E-state index contributed by atoms with van der Waals surface area (Å²) < 4.78 is 13.4. The second-order valence-corrected chi connectivity index (χ2v) is 7.32. The minimum absolute atomic E-state index is 0.148. The van der Waals surface area contributed by atoms with Gasteiger partial charge in [-0.05, 0) is 30.7 Å². The summed E-state index contributed by atoms with van der Waals surface area (Å²) in [4.78, 5) is 9.10. The number of hydrogen-bond acceptors (Lipinski definition) is 5. The van der Waals surface area contributed by atoms with Crippen LogP contribution in [0.2, 0.25) is 5.02 Å². The molecule has 1 aliphatic rings. The van der Waals surface area contributed by atoms with Gasteiger partial charge in [-0.2, -0.15) is 0 Å². The van der Waals surface area contributed by atoms with Crippen molar-refractivity contribution in [1.29, 1.82) is 0 Å². The molecule has 1 unspecified atom stereocenters. The Morgan fingerprint density at radius 2 is 2.00 bits per heavy atom. The molecule has 2 aromatic heterocycles. The van der Waals surface area contributed by atoms with Crippen LogP contribution in [-0.4, -0.2) is 26.2 Å². The lowest BCUT2D eigenvalue weighted by atomic mass is 9.84. The molecule has 0 N–H and O–H groups in total. The van der Waals surface area contributed by atoms with Gasteiger partial charge < -0.3 is 9.47 Å². The van der Waals surface area contributed by atoms with Gasteiger partial charge in [0.2, 0.25) is 5.88 Å². The Morgan fingerprint density at radius 3 is 2.76 bits per heavy atom. The standard InChI is InChI=1S/C21H16Cl2N4O2/c1-2-28-14-7-8-15-16(9-14)29-21-19(18(15)12-3-5-13(23)6-4-12)20-25-17(10-22)26-27(20)11-24-21/h3-9,11,18H,2,10H2,1H3. The first-order valence-corrected chi connectivity index (χ1v) is 10.1. The van der Waals surface area contributed by atoms with Crippen LogP contribution in [0, 0.1) is 0 Å². The first-order chi connectivity index (χ1) is 14.2. The molecule has 2 aromatic carbocycles. The maximum atomic E-state index is 6.16. The van der Waals surface area contributed by atoms with Crippen LogP contribution in [0.4, 0.5) is 0 Å². The number of aromatic nitrogens is 4. The zero-order valence-corrected chi connectivity index (χ0v) is 17.0. The van der Waals surface area contributed by atoms with Gasteiger partial charge >= 0.3 is 0 Å². The van der Waals surface area contributed by atoms with E-state index in [9.17, 15) is 0 Å². The number of fused-ring (bicyclic) bond motifs is 4. The average Bonchev–Trinajstić information content (AvgIpc) is 3.17. The third kappa shape index (κ3) is 3.09. The molecule has 0 saturated heterocycles. The van der Waals surface area contributed by atoms with Crippen molar-refractivity contribution < 1.29 is 9.47 Å².